The molecule has 0 aromatic heterocycles. The van der Waals surface area contributed by atoms with Gasteiger partial charge >= 0.3 is 0 Å². The molecule has 1 aromatic rings. The highest BCUT2D eigenvalue weighted by Crippen LogP contribution is 2.36. The molecule has 0 spiro atoms. The molecule has 4 rings (SSSR count). The van der Waals surface area contributed by atoms with E-state index in [9.17, 15) is 9.90 Å². The fourth-order valence-corrected chi connectivity index (χ4v) is 5.56. The minimum Gasteiger partial charge on any atom is -0.493 e. The van der Waals surface area contributed by atoms with Gasteiger partial charge in [-0.25, -0.2) is 0 Å². The summed E-state index contributed by atoms with van der Waals surface area (Å²) in [6.07, 6.45) is 10.7. The summed E-state index contributed by atoms with van der Waals surface area (Å²) in [5.41, 5.74) is -0.193. The molecule has 3 aliphatic rings. The molecule has 1 atom stereocenters. The van der Waals surface area contributed by atoms with Crippen LogP contribution >= 0.6 is 0 Å². The molecule has 1 N–H and O–H groups in total. The van der Waals surface area contributed by atoms with E-state index in [1.54, 1.807) is 0 Å². The smallest absolute Gasteiger partial charge is 0.185 e. The third kappa shape index (κ3) is 5.68. The van der Waals surface area contributed by atoms with Gasteiger partial charge in [-0.05, 0) is 56.3 Å². The van der Waals surface area contributed by atoms with Crippen LogP contribution in [0.1, 0.15) is 75.8 Å². The van der Waals surface area contributed by atoms with Crippen LogP contribution in [0.4, 0.5) is 0 Å². The van der Waals surface area contributed by atoms with E-state index in [1.165, 1.54) is 32.1 Å². The number of ketones is 1. The van der Waals surface area contributed by atoms with Crippen LogP contribution < -0.4 is 4.74 Å². The van der Waals surface area contributed by atoms with Crippen LogP contribution in [0.2, 0.25) is 0 Å². The average molecular weight is 429 g/mol. The largest absolute Gasteiger partial charge is 0.493 e. The summed E-state index contributed by atoms with van der Waals surface area (Å²) in [6, 6.07) is 7.75. The molecule has 1 aromatic carbocycles. The predicted octanol–water partition coefficient (Wildman–Crippen LogP) is 4.20. The average Bonchev–Trinajstić information content (AvgIpc) is 2.81. The molecule has 172 valence electrons. The second-order valence-corrected chi connectivity index (χ2v) is 10.1. The maximum Gasteiger partial charge on any atom is 0.185 e. The SMILES string of the molecule is CN1CCN(C(C(=O)C2(O)CCCCC2)c2ccc(OCC3CCCCC3)cc2)CC1. The van der Waals surface area contributed by atoms with E-state index < -0.39 is 5.60 Å². The Morgan fingerprint density at radius 2 is 1.61 bits per heavy atom. The molecule has 5 heteroatoms. The number of carbonyl (C=O) groups is 1. The molecule has 5 nitrogen and oxygen atoms in total. The van der Waals surface area contributed by atoms with Gasteiger partial charge in [-0.3, -0.25) is 9.69 Å². The van der Waals surface area contributed by atoms with Crippen LogP contribution in [0.15, 0.2) is 24.3 Å². The Morgan fingerprint density at radius 1 is 1.00 bits per heavy atom. The zero-order chi connectivity index (χ0) is 21.7. The van der Waals surface area contributed by atoms with E-state index in [4.69, 9.17) is 4.74 Å². The van der Waals surface area contributed by atoms with E-state index in [0.29, 0.717) is 18.8 Å². The van der Waals surface area contributed by atoms with Crippen LogP contribution in [0.25, 0.3) is 0 Å². The van der Waals surface area contributed by atoms with Crippen molar-refractivity contribution in [3.63, 3.8) is 0 Å². The Kier molecular flexibility index (Phi) is 7.68. The normalized spacial score (nSPS) is 24.6. The highest BCUT2D eigenvalue weighted by atomic mass is 16.5. The van der Waals surface area contributed by atoms with Crippen LogP contribution in [-0.4, -0.2) is 66.1 Å². The molecule has 0 bridgehead atoms. The number of likely N-dealkylation sites (N-methyl/N-ethyl adjacent to an activating group) is 1. The number of Topliss-reactive ketones (excluding diaryl/α,β-unsaturated/α-hetero) is 1. The molecule has 0 radical (unpaired) electrons. The number of aliphatic hydroxyl groups is 1. The van der Waals surface area contributed by atoms with E-state index in [2.05, 4.69) is 16.8 Å². The quantitative estimate of drug-likeness (QED) is 0.705. The molecule has 2 aliphatic carbocycles. The van der Waals surface area contributed by atoms with E-state index in [1.807, 2.05) is 24.3 Å². The molecule has 0 amide bonds. The van der Waals surface area contributed by atoms with Crippen molar-refractivity contribution in [3.05, 3.63) is 29.8 Å². The summed E-state index contributed by atoms with van der Waals surface area (Å²) in [6.45, 7) is 4.39. The monoisotopic (exact) mass is 428 g/mol. The highest BCUT2D eigenvalue weighted by molar-refractivity contribution is 5.92. The van der Waals surface area contributed by atoms with Gasteiger partial charge in [-0.1, -0.05) is 50.7 Å². The molecule has 2 saturated carbocycles. The Morgan fingerprint density at radius 3 is 2.26 bits per heavy atom. The standard InChI is InChI=1S/C26H40N2O3/c1-27-16-18-28(19-17-27)24(25(29)26(30)14-6-3-7-15-26)22-10-12-23(13-11-22)31-20-21-8-4-2-5-9-21/h10-13,21,24,30H,2-9,14-20H2,1H3. The zero-order valence-electron chi connectivity index (χ0n) is 19.2. The van der Waals surface area contributed by atoms with Gasteiger partial charge in [0.05, 0.1) is 12.6 Å². The molecular weight excluding hydrogens is 388 g/mol. The Labute approximate surface area is 187 Å². The van der Waals surface area contributed by atoms with Crippen molar-refractivity contribution in [2.24, 2.45) is 5.92 Å². The number of nitrogens with zero attached hydrogens (tertiary/aromatic N) is 2. The van der Waals surface area contributed by atoms with E-state index in [0.717, 1.165) is 63.4 Å². The third-order valence-electron chi connectivity index (χ3n) is 7.70. The maximum absolute atomic E-state index is 13.7. The van der Waals surface area contributed by atoms with Crippen molar-refractivity contribution in [2.45, 2.75) is 75.9 Å². The Balaban J connectivity index is 1.48. The summed E-state index contributed by atoms with van der Waals surface area (Å²) in [7, 11) is 2.13. The predicted molar refractivity (Wildman–Crippen MR) is 123 cm³/mol. The first-order valence-electron chi connectivity index (χ1n) is 12.5. The molecule has 1 saturated heterocycles. The Hall–Kier alpha value is -1.43. The highest BCUT2D eigenvalue weighted by Gasteiger charge is 2.43. The topological polar surface area (TPSA) is 53.0 Å². The molecular formula is C26H40N2O3. The second-order valence-electron chi connectivity index (χ2n) is 10.1. The van der Waals surface area contributed by atoms with Gasteiger partial charge in [0.2, 0.25) is 0 Å². The molecule has 1 aliphatic heterocycles. The molecule has 1 heterocycles. The first kappa shape index (κ1) is 22.8. The van der Waals surface area contributed by atoms with Crippen molar-refractivity contribution >= 4 is 5.78 Å². The minimum atomic E-state index is -1.18. The van der Waals surface area contributed by atoms with Gasteiger partial charge in [0.15, 0.2) is 5.78 Å². The minimum absolute atomic E-state index is 0.00683. The van der Waals surface area contributed by atoms with E-state index in [-0.39, 0.29) is 11.8 Å². The third-order valence-corrected chi connectivity index (χ3v) is 7.70. The maximum atomic E-state index is 13.7. The van der Waals surface area contributed by atoms with Gasteiger partial charge in [0.25, 0.3) is 0 Å². The lowest BCUT2D eigenvalue weighted by Gasteiger charge is -2.41. The number of hydrogen-bond acceptors (Lipinski definition) is 5. The van der Waals surface area contributed by atoms with Gasteiger partial charge in [0, 0.05) is 26.2 Å². The van der Waals surface area contributed by atoms with Crippen molar-refractivity contribution in [3.8, 4) is 5.75 Å². The number of ether oxygens (including phenoxy) is 1. The molecule has 1 unspecified atom stereocenters. The summed E-state index contributed by atoms with van der Waals surface area (Å²) in [5, 5.41) is 11.2. The summed E-state index contributed by atoms with van der Waals surface area (Å²) >= 11 is 0. The number of hydrogen-bond donors (Lipinski definition) is 1. The second kappa shape index (κ2) is 10.5. The lowest BCUT2D eigenvalue weighted by atomic mass is 9.77. The number of benzene rings is 1. The van der Waals surface area contributed by atoms with Crippen molar-refractivity contribution in [2.75, 3.05) is 39.8 Å². The van der Waals surface area contributed by atoms with Crippen LogP contribution in [0.5, 0.6) is 5.75 Å². The first-order valence-corrected chi connectivity index (χ1v) is 12.5. The van der Waals surface area contributed by atoms with Gasteiger partial charge < -0.3 is 14.7 Å². The van der Waals surface area contributed by atoms with E-state index >= 15 is 0 Å². The molecule has 3 fully saturated rings. The van der Waals surface area contributed by atoms with Crippen molar-refractivity contribution < 1.29 is 14.6 Å². The number of carbonyl (C=O) groups excluding carboxylic acids is 1. The summed E-state index contributed by atoms with van der Waals surface area (Å²) in [5.74, 6) is 1.55. The fourth-order valence-electron chi connectivity index (χ4n) is 5.56. The fraction of sp³-hybridized carbons (Fsp3) is 0.731. The van der Waals surface area contributed by atoms with Crippen molar-refractivity contribution in [1.82, 2.24) is 9.80 Å². The van der Waals surface area contributed by atoms with Crippen molar-refractivity contribution in [1.29, 1.82) is 0 Å². The first-order chi connectivity index (χ1) is 15.0. The zero-order valence-corrected chi connectivity index (χ0v) is 19.2. The molecule has 31 heavy (non-hydrogen) atoms. The van der Waals surface area contributed by atoms with Gasteiger partial charge in [-0.2, -0.15) is 0 Å². The number of rotatable bonds is 7. The van der Waals surface area contributed by atoms with Crippen LogP contribution in [0, 0.1) is 5.92 Å². The Bertz CT molecular complexity index is 700. The van der Waals surface area contributed by atoms with Gasteiger partial charge in [0.1, 0.15) is 11.4 Å². The lowest BCUT2D eigenvalue weighted by molar-refractivity contribution is -0.147. The lowest BCUT2D eigenvalue weighted by Crippen LogP contribution is -2.53. The van der Waals surface area contributed by atoms with Crippen LogP contribution in [0.3, 0.4) is 0 Å². The summed E-state index contributed by atoms with van der Waals surface area (Å²) < 4.78 is 6.08. The number of piperazine rings is 1. The summed E-state index contributed by atoms with van der Waals surface area (Å²) in [4.78, 5) is 18.3. The van der Waals surface area contributed by atoms with Crippen LogP contribution in [-0.2, 0) is 4.79 Å². The van der Waals surface area contributed by atoms with Gasteiger partial charge in [-0.15, -0.1) is 0 Å².